The topological polar surface area (TPSA) is 111 Å². The average Bonchev–Trinajstić information content (AvgIpc) is 3.22. The molecule has 1 N–H and O–H groups in total. The number of alkyl carbamates (subject to hydrolysis) is 1. The van der Waals surface area contributed by atoms with Gasteiger partial charge in [-0.25, -0.2) is 9.48 Å². The van der Waals surface area contributed by atoms with Crippen molar-refractivity contribution in [3.05, 3.63) is 30.6 Å². The molecule has 1 saturated heterocycles. The molecule has 1 atom stereocenters. The molecular weight excluding hydrogens is 388 g/mol. The molecule has 10 heteroatoms. The fourth-order valence-corrected chi connectivity index (χ4v) is 3.09. The van der Waals surface area contributed by atoms with Crippen LogP contribution in [0.4, 0.5) is 4.79 Å². The molecule has 1 unspecified atom stereocenters. The van der Waals surface area contributed by atoms with Gasteiger partial charge in [0.05, 0.1) is 0 Å². The standard InChI is InChI=1S/C20H28N6O4/c1-14(22-19(28)30-20(2,3)4)18(27)25-12-8-15(9-13-25)29-17-7-6-16(23-24-17)26-11-5-10-21-26/h5-7,10-11,14-15H,8-9,12-13H2,1-4H3,(H,22,28). The van der Waals surface area contributed by atoms with Gasteiger partial charge >= 0.3 is 6.09 Å². The van der Waals surface area contributed by atoms with Crippen LogP contribution in [0.3, 0.4) is 0 Å². The van der Waals surface area contributed by atoms with E-state index in [1.54, 1.807) is 61.8 Å². The van der Waals surface area contributed by atoms with Crippen LogP contribution < -0.4 is 10.1 Å². The zero-order chi connectivity index (χ0) is 21.7. The maximum Gasteiger partial charge on any atom is 0.408 e. The quantitative estimate of drug-likeness (QED) is 0.793. The number of nitrogens with zero attached hydrogens (tertiary/aromatic N) is 5. The zero-order valence-corrected chi connectivity index (χ0v) is 17.7. The molecule has 2 aromatic rings. The fourth-order valence-electron chi connectivity index (χ4n) is 3.09. The first-order chi connectivity index (χ1) is 14.2. The SMILES string of the molecule is CC(NC(=O)OC(C)(C)C)C(=O)N1CCC(Oc2ccc(-n3cccn3)nn2)CC1. The number of likely N-dealkylation sites (tertiary alicyclic amines) is 1. The van der Waals surface area contributed by atoms with Gasteiger partial charge < -0.3 is 19.7 Å². The van der Waals surface area contributed by atoms with Crippen LogP contribution >= 0.6 is 0 Å². The van der Waals surface area contributed by atoms with E-state index in [-0.39, 0.29) is 12.0 Å². The Balaban J connectivity index is 1.45. The number of ether oxygens (including phenoxy) is 2. The number of rotatable bonds is 5. The molecule has 0 saturated carbocycles. The maximum absolute atomic E-state index is 12.6. The lowest BCUT2D eigenvalue weighted by Gasteiger charge is -2.33. The largest absolute Gasteiger partial charge is 0.473 e. The second kappa shape index (κ2) is 9.10. The Morgan fingerprint density at radius 3 is 2.50 bits per heavy atom. The third-order valence-electron chi connectivity index (χ3n) is 4.51. The third-order valence-corrected chi connectivity index (χ3v) is 4.51. The summed E-state index contributed by atoms with van der Waals surface area (Å²) in [6, 6.07) is 4.70. The van der Waals surface area contributed by atoms with Crippen LogP contribution in [0.15, 0.2) is 30.6 Å². The number of nitrogens with one attached hydrogen (secondary N) is 1. The summed E-state index contributed by atoms with van der Waals surface area (Å²) in [5, 5.41) is 14.9. The van der Waals surface area contributed by atoms with Crippen LogP contribution in [0.2, 0.25) is 0 Å². The van der Waals surface area contributed by atoms with Gasteiger partial charge in [-0.3, -0.25) is 4.79 Å². The molecular formula is C20H28N6O4. The third kappa shape index (κ3) is 5.91. The Morgan fingerprint density at radius 1 is 1.20 bits per heavy atom. The summed E-state index contributed by atoms with van der Waals surface area (Å²) < 4.78 is 12.7. The number of carbonyl (C=O) groups excluding carboxylic acids is 2. The number of aromatic nitrogens is 4. The first-order valence-electron chi connectivity index (χ1n) is 10.00. The Labute approximate surface area is 175 Å². The van der Waals surface area contributed by atoms with Crippen molar-refractivity contribution in [2.45, 2.75) is 58.3 Å². The molecule has 0 aromatic carbocycles. The van der Waals surface area contributed by atoms with Gasteiger partial charge in [-0.15, -0.1) is 10.2 Å². The predicted octanol–water partition coefficient (Wildman–Crippen LogP) is 1.95. The Hall–Kier alpha value is -3.17. The molecule has 1 aliphatic heterocycles. The highest BCUT2D eigenvalue weighted by atomic mass is 16.6. The van der Waals surface area contributed by atoms with Crippen molar-refractivity contribution >= 4 is 12.0 Å². The normalized spacial score (nSPS) is 16.1. The van der Waals surface area contributed by atoms with Crippen LogP contribution in [0.1, 0.15) is 40.5 Å². The van der Waals surface area contributed by atoms with Crippen molar-refractivity contribution in [2.24, 2.45) is 0 Å². The number of piperidine rings is 1. The van der Waals surface area contributed by atoms with Gasteiger partial charge in [-0.2, -0.15) is 5.10 Å². The van der Waals surface area contributed by atoms with E-state index in [9.17, 15) is 9.59 Å². The van der Waals surface area contributed by atoms with Gasteiger partial charge in [0.15, 0.2) is 5.82 Å². The molecule has 10 nitrogen and oxygen atoms in total. The van der Waals surface area contributed by atoms with Gasteiger partial charge in [-0.05, 0) is 39.8 Å². The Morgan fingerprint density at radius 2 is 1.93 bits per heavy atom. The van der Waals surface area contributed by atoms with Gasteiger partial charge in [0.1, 0.15) is 17.7 Å². The van der Waals surface area contributed by atoms with Crippen molar-refractivity contribution in [1.29, 1.82) is 0 Å². The minimum Gasteiger partial charge on any atom is -0.473 e. The van der Waals surface area contributed by atoms with Crippen molar-refractivity contribution in [3.8, 4) is 11.7 Å². The summed E-state index contributed by atoms with van der Waals surface area (Å²) in [4.78, 5) is 26.2. The predicted molar refractivity (Wildman–Crippen MR) is 108 cm³/mol. The van der Waals surface area contributed by atoms with E-state index in [2.05, 4.69) is 20.6 Å². The Bertz CT molecular complexity index is 839. The number of hydrogen-bond acceptors (Lipinski definition) is 7. The minimum absolute atomic E-state index is 0.0481. The van der Waals surface area contributed by atoms with E-state index >= 15 is 0 Å². The van der Waals surface area contributed by atoms with Crippen molar-refractivity contribution < 1.29 is 19.1 Å². The second-order valence-corrected chi connectivity index (χ2v) is 8.19. The molecule has 30 heavy (non-hydrogen) atoms. The van der Waals surface area contributed by atoms with Crippen LogP contribution in [-0.2, 0) is 9.53 Å². The lowest BCUT2D eigenvalue weighted by atomic mass is 10.1. The minimum atomic E-state index is -0.655. The van der Waals surface area contributed by atoms with Crippen LogP contribution in [-0.4, -0.2) is 67.7 Å². The van der Waals surface area contributed by atoms with E-state index in [0.29, 0.717) is 37.6 Å². The highest BCUT2D eigenvalue weighted by Crippen LogP contribution is 2.18. The molecule has 3 rings (SSSR count). The van der Waals surface area contributed by atoms with Crippen LogP contribution in [0.5, 0.6) is 5.88 Å². The molecule has 1 aliphatic rings. The maximum atomic E-state index is 12.6. The molecule has 2 aromatic heterocycles. The monoisotopic (exact) mass is 416 g/mol. The molecule has 2 amide bonds. The first-order valence-corrected chi connectivity index (χ1v) is 10.00. The highest BCUT2D eigenvalue weighted by molar-refractivity contribution is 5.85. The van der Waals surface area contributed by atoms with Crippen LogP contribution in [0.25, 0.3) is 5.82 Å². The second-order valence-electron chi connectivity index (χ2n) is 8.19. The molecule has 3 heterocycles. The lowest BCUT2D eigenvalue weighted by Crippen LogP contribution is -2.51. The van der Waals surface area contributed by atoms with Gasteiger partial charge in [-0.1, -0.05) is 0 Å². The summed E-state index contributed by atoms with van der Waals surface area (Å²) >= 11 is 0. The zero-order valence-electron chi connectivity index (χ0n) is 17.7. The van der Waals surface area contributed by atoms with Crippen molar-refractivity contribution in [1.82, 2.24) is 30.2 Å². The molecule has 0 bridgehead atoms. The van der Waals surface area contributed by atoms with Crippen molar-refractivity contribution in [3.63, 3.8) is 0 Å². The van der Waals surface area contributed by atoms with Gasteiger partial charge in [0, 0.05) is 44.4 Å². The van der Waals surface area contributed by atoms with Gasteiger partial charge in [0.2, 0.25) is 11.8 Å². The van der Waals surface area contributed by atoms with E-state index in [1.165, 1.54) is 0 Å². The fraction of sp³-hybridized carbons (Fsp3) is 0.550. The molecule has 0 spiro atoms. The van der Waals surface area contributed by atoms with Gasteiger partial charge in [0.25, 0.3) is 0 Å². The number of carbonyl (C=O) groups is 2. The molecule has 0 radical (unpaired) electrons. The smallest absolute Gasteiger partial charge is 0.408 e. The number of hydrogen-bond donors (Lipinski definition) is 1. The average molecular weight is 416 g/mol. The summed E-state index contributed by atoms with van der Waals surface area (Å²) in [6.07, 6.45) is 4.16. The summed E-state index contributed by atoms with van der Waals surface area (Å²) in [6.45, 7) is 8.08. The first kappa shape index (κ1) is 21.5. The van der Waals surface area contributed by atoms with E-state index in [1.807, 2.05) is 6.07 Å². The highest BCUT2D eigenvalue weighted by Gasteiger charge is 2.29. The van der Waals surface area contributed by atoms with E-state index in [4.69, 9.17) is 9.47 Å². The lowest BCUT2D eigenvalue weighted by molar-refractivity contribution is -0.134. The summed E-state index contributed by atoms with van der Waals surface area (Å²) in [7, 11) is 0. The van der Waals surface area contributed by atoms with E-state index < -0.39 is 17.7 Å². The molecule has 0 aliphatic carbocycles. The summed E-state index contributed by atoms with van der Waals surface area (Å²) in [5.41, 5.74) is -0.609. The van der Waals surface area contributed by atoms with Crippen LogP contribution in [0, 0.1) is 0 Å². The Kier molecular flexibility index (Phi) is 6.53. The van der Waals surface area contributed by atoms with E-state index in [0.717, 1.165) is 0 Å². The molecule has 162 valence electrons. The summed E-state index contributed by atoms with van der Waals surface area (Å²) in [5.74, 6) is 0.914. The molecule has 1 fully saturated rings. The van der Waals surface area contributed by atoms with Crippen molar-refractivity contribution in [2.75, 3.05) is 13.1 Å². The number of amides is 2.